The molecule has 0 heterocycles. The van der Waals surface area contributed by atoms with E-state index in [1.807, 2.05) is 32.0 Å². The summed E-state index contributed by atoms with van der Waals surface area (Å²) in [5.41, 5.74) is 9.14. The van der Waals surface area contributed by atoms with Crippen LogP contribution >= 0.6 is 0 Å². The summed E-state index contributed by atoms with van der Waals surface area (Å²) in [4.78, 5) is 12.1. The highest BCUT2D eigenvalue weighted by molar-refractivity contribution is 5.96. The van der Waals surface area contributed by atoms with Gasteiger partial charge in [0.2, 0.25) is 0 Å². The summed E-state index contributed by atoms with van der Waals surface area (Å²) < 4.78 is 0. The quantitative estimate of drug-likeness (QED) is 0.814. The zero-order valence-electron chi connectivity index (χ0n) is 11.5. The van der Waals surface area contributed by atoms with Crippen LogP contribution in [0, 0.1) is 19.3 Å². The third-order valence-corrected chi connectivity index (χ3v) is 3.35. The number of rotatable bonds is 3. The van der Waals surface area contributed by atoms with Crippen molar-refractivity contribution in [3.63, 3.8) is 0 Å². The third kappa shape index (κ3) is 3.67. The van der Waals surface area contributed by atoms with Crippen LogP contribution in [0.25, 0.3) is 0 Å². The lowest BCUT2D eigenvalue weighted by molar-refractivity contribution is 0.0953. The molecule has 2 N–H and O–H groups in total. The second kappa shape index (κ2) is 5.01. The van der Waals surface area contributed by atoms with E-state index >= 15 is 0 Å². The molecule has 0 aromatic heterocycles. The summed E-state index contributed by atoms with van der Waals surface area (Å²) >= 11 is 0. The van der Waals surface area contributed by atoms with Crippen molar-refractivity contribution < 1.29 is 4.79 Å². The van der Waals surface area contributed by atoms with E-state index in [-0.39, 0.29) is 17.2 Å². The standard InChI is InChI=1S/C15H23NO/c1-10-6-7-12(8-11(10)2)13(17)9-14(16)15(3,4)5/h6-8,14H,9,16H2,1-5H3. The molecule has 0 fully saturated rings. The SMILES string of the molecule is Cc1ccc(C(=O)CC(N)C(C)(C)C)cc1C. The molecule has 1 unspecified atom stereocenters. The van der Waals surface area contributed by atoms with Crippen molar-refractivity contribution >= 4 is 5.78 Å². The molecule has 2 heteroatoms. The van der Waals surface area contributed by atoms with E-state index in [9.17, 15) is 4.79 Å². The monoisotopic (exact) mass is 233 g/mol. The summed E-state index contributed by atoms with van der Waals surface area (Å²) in [5, 5.41) is 0. The van der Waals surface area contributed by atoms with Gasteiger partial charge in [-0.1, -0.05) is 32.9 Å². The average molecular weight is 233 g/mol. The minimum atomic E-state index is -0.100. The normalized spacial score (nSPS) is 13.5. The molecule has 0 spiro atoms. The Balaban J connectivity index is 2.80. The van der Waals surface area contributed by atoms with Gasteiger partial charge < -0.3 is 5.73 Å². The highest BCUT2D eigenvalue weighted by Gasteiger charge is 2.23. The van der Waals surface area contributed by atoms with Gasteiger partial charge in [0.05, 0.1) is 0 Å². The molecule has 1 atom stereocenters. The fourth-order valence-corrected chi connectivity index (χ4v) is 1.54. The van der Waals surface area contributed by atoms with Gasteiger partial charge in [-0.3, -0.25) is 4.79 Å². The summed E-state index contributed by atoms with van der Waals surface area (Å²) in [6.45, 7) is 10.3. The van der Waals surface area contributed by atoms with Crippen molar-refractivity contribution in [3.05, 3.63) is 34.9 Å². The van der Waals surface area contributed by atoms with E-state index in [2.05, 4.69) is 20.8 Å². The number of Topliss-reactive ketones (excluding diaryl/α,β-unsaturated/α-hetero) is 1. The Labute approximate surface area is 104 Å². The molecule has 0 amide bonds. The molecule has 1 aromatic carbocycles. The third-order valence-electron chi connectivity index (χ3n) is 3.35. The molecule has 0 aliphatic heterocycles. The summed E-state index contributed by atoms with van der Waals surface area (Å²) in [6.07, 6.45) is 0.409. The number of benzene rings is 1. The molecule has 0 bridgehead atoms. The molecule has 0 aliphatic carbocycles. The first-order chi connectivity index (χ1) is 7.71. The minimum absolute atomic E-state index is 0.0323. The molecular formula is C15H23NO. The highest BCUT2D eigenvalue weighted by atomic mass is 16.1. The van der Waals surface area contributed by atoms with Gasteiger partial charge in [0, 0.05) is 18.0 Å². The Morgan fingerprint density at radius 2 is 1.82 bits per heavy atom. The summed E-state index contributed by atoms with van der Waals surface area (Å²) in [6, 6.07) is 5.73. The largest absolute Gasteiger partial charge is 0.327 e. The molecule has 0 radical (unpaired) electrons. The number of ketones is 1. The van der Waals surface area contributed by atoms with E-state index in [0.29, 0.717) is 6.42 Å². The maximum Gasteiger partial charge on any atom is 0.164 e. The number of carbonyl (C=O) groups excluding carboxylic acids is 1. The number of hydrogen-bond donors (Lipinski definition) is 1. The van der Waals surface area contributed by atoms with Gasteiger partial charge >= 0.3 is 0 Å². The average Bonchev–Trinajstić information content (AvgIpc) is 2.20. The van der Waals surface area contributed by atoms with Crippen LogP contribution in [0.2, 0.25) is 0 Å². The van der Waals surface area contributed by atoms with Crippen molar-refractivity contribution in [3.8, 4) is 0 Å². The van der Waals surface area contributed by atoms with Crippen LogP contribution in [-0.4, -0.2) is 11.8 Å². The lowest BCUT2D eigenvalue weighted by Crippen LogP contribution is -2.36. The van der Waals surface area contributed by atoms with Crippen LogP contribution in [0.3, 0.4) is 0 Å². The van der Waals surface area contributed by atoms with Gasteiger partial charge in [-0.2, -0.15) is 0 Å². The lowest BCUT2D eigenvalue weighted by Gasteiger charge is -2.26. The molecule has 94 valence electrons. The summed E-state index contributed by atoms with van der Waals surface area (Å²) in [7, 11) is 0. The predicted octanol–water partition coefficient (Wildman–Crippen LogP) is 3.25. The van der Waals surface area contributed by atoms with Crippen LogP contribution < -0.4 is 5.73 Å². The molecule has 0 aliphatic rings. The second-order valence-electron chi connectivity index (χ2n) is 5.90. The number of nitrogens with two attached hydrogens (primary N) is 1. The minimum Gasteiger partial charge on any atom is -0.327 e. The molecule has 2 nitrogen and oxygen atoms in total. The van der Waals surface area contributed by atoms with Gasteiger partial charge in [0.15, 0.2) is 5.78 Å². The van der Waals surface area contributed by atoms with Gasteiger partial charge in [-0.05, 0) is 36.5 Å². The second-order valence-corrected chi connectivity index (χ2v) is 5.90. The van der Waals surface area contributed by atoms with Crippen LogP contribution in [-0.2, 0) is 0 Å². The fourth-order valence-electron chi connectivity index (χ4n) is 1.54. The van der Waals surface area contributed by atoms with Crippen LogP contribution in [0.1, 0.15) is 48.7 Å². The smallest absolute Gasteiger partial charge is 0.164 e. The maximum atomic E-state index is 12.1. The van der Waals surface area contributed by atoms with Gasteiger partial charge in [0.25, 0.3) is 0 Å². The Hall–Kier alpha value is -1.15. The van der Waals surface area contributed by atoms with E-state index < -0.39 is 0 Å². The molecule has 0 saturated carbocycles. The van der Waals surface area contributed by atoms with Crippen molar-refractivity contribution in [1.82, 2.24) is 0 Å². The van der Waals surface area contributed by atoms with Gasteiger partial charge in [0.1, 0.15) is 0 Å². The molecule has 0 saturated heterocycles. The van der Waals surface area contributed by atoms with E-state index in [1.165, 1.54) is 5.56 Å². The first-order valence-corrected chi connectivity index (χ1v) is 6.08. The number of carbonyl (C=O) groups is 1. The van der Waals surface area contributed by atoms with Crippen molar-refractivity contribution in [2.75, 3.05) is 0 Å². The summed E-state index contributed by atoms with van der Waals surface area (Å²) in [5.74, 6) is 0.135. The fraction of sp³-hybridized carbons (Fsp3) is 0.533. The Morgan fingerprint density at radius 1 is 1.24 bits per heavy atom. The maximum absolute atomic E-state index is 12.1. The van der Waals surface area contributed by atoms with E-state index in [1.54, 1.807) is 0 Å². The number of hydrogen-bond acceptors (Lipinski definition) is 2. The van der Waals surface area contributed by atoms with E-state index in [0.717, 1.165) is 11.1 Å². The van der Waals surface area contributed by atoms with Crippen molar-refractivity contribution in [2.45, 2.75) is 47.1 Å². The van der Waals surface area contributed by atoms with E-state index in [4.69, 9.17) is 5.73 Å². The van der Waals surface area contributed by atoms with Gasteiger partial charge in [-0.15, -0.1) is 0 Å². The zero-order valence-corrected chi connectivity index (χ0v) is 11.5. The van der Waals surface area contributed by atoms with Gasteiger partial charge in [-0.25, -0.2) is 0 Å². The first kappa shape index (κ1) is 13.9. The zero-order chi connectivity index (χ0) is 13.2. The molecule has 17 heavy (non-hydrogen) atoms. The van der Waals surface area contributed by atoms with Crippen LogP contribution in [0.5, 0.6) is 0 Å². The van der Waals surface area contributed by atoms with Crippen molar-refractivity contribution in [2.24, 2.45) is 11.1 Å². The Kier molecular flexibility index (Phi) is 4.10. The number of aryl methyl sites for hydroxylation is 2. The predicted molar refractivity (Wildman–Crippen MR) is 72.3 cm³/mol. The topological polar surface area (TPSA) is 43.1 Å². The molecule has 1 rings (SSSR count). The molecule has 1 aromatic rings. The molecular weight excluding hydrogens is 210 g/mol. The Bertz CT molecular complexity index is 415. The highest BCUT2D eigenvalue weighted by Crippen LogP contribution is 2.21. The van der Waals surface area contributed by atoms with Crippen LogP contribution in [0.4, 0.5) is 0 Å². The Morgan fingerprint density at radius 3 is 2.29 bits per heavy atom. The van der Waals surface area contributed by atoms with Crippen molar-refractivity contribution in [1.29, 1.82) is 0 Å². The van der Waals surface area contributed by atoms with Crippen LogP contribution in [0.15, 0.2) is 18.2 Å². The lowest BCUT2D eigenvalue weighted by atomic mass is 9.83. The first-order valence-electron chi connectivity index (χ1n) is 6.08.